The molecule has 2 aromatic carbocycles. The number of hydrogen-bond acceptors (Lipinski definition) is 7. The number of thioether (sulfide) groups is 1. The highest BCUT2D eigenvalue weighted by Gasteiger charge is 2.39. The van der Waals surface area contributed by atoms with E-state index in [9.17, 15) is 9.59 Å². The summed E-state index contributed by atoms with van der Waals surface area (Å²) in [4.78, 5) is 27.4. The van der Waals surface area contributed by atoms with Gasteiger partial charge in [0.2, 0.25) is 11.8 Å². The first-order valence-corrected chi connectivity index (χ1v) is 12.5. The maximum atomic E-state index is 12.8. The van der Waals surface area contributed by atoms with Gasteiger partial charge in [-0.3, -0.25) is 19.8 Å². The summed E-state index contributed by atoms with van der Waals surface area (Å²) in [5, 5.41) is 9.48. The van der Waals surface area contributed by atoms with E-state index in [1.54, 1.807) is 14.2 Å². The Hall–Kier alpha value is -2.75. The van der Waals surface area contributed by atoms with Crippen LogP contribution in [-0.4, -0.2) is 61.3 Å². The molecule has 2 aliphatic rings. The second-order valence-electron chi connectivity index (χ2n) is 8.58. The van der Waals surface area contributed by atoms with Crippen molar-refractivity contribution in [2.45, 2.75) is 31.0 Å². The summed E-state index contributed by atoms with van der Waals surface area (Å²) in [5.41, 5.74) is 1.96. The Labute approximate surface area is 204 Å². The molecule has 0 aromatic heterocycles. The Kier molecular flexibility index (Phi) is 8.31. The second kappa shape index (κ2) is 11.6. The zero-order chi connectivity index (χ0) is 23.9. The van der Waals surface area contributed by atoms with Gasteiger partial charge in [0.1, 0.15) is 17.0 Å². The summed E-state index contributed by atoms with van der Waals surface area (Å²) in [6.07, 6.45) is 0.898. The maximum Gasteiger partial charge on any atom is 0.230 e. The van der Waals surface area contributed by atoms with Crippen molar-refractivity contribution in [1.82, 2.24) is 20.9 Å². The third-order valence-electron chi connectivity index (χ3n) is 6.27. The summed E-state index contributed by atoms with van der Waals surface area (Å²) in [7, 11) is 3.29. The number of likely N-dealkylation sites (tertiary alicyclic amines) is 1. The minimum Gasteiger partial charge on any atom is -0.497 e. The average Bonchev–Trinajstić information content (AvgIpc) is 2.87. The number of rotatable bonds is 9. The minimum atomic E-state index is -0.256. The molecular weight excluding hydrogens is 452 g/mol. The molecule has 0 radical (unpaired) electrons. The fourth-order valence-electron chi connectivity index (χ4n) is 4.33. The molecule has 0 saturated carbocycles. The third kappa shape index (κ3) is 6.43. The molecule has 2 fully saturated rings. The standard InChI is InChI=1S/C25H32N4O4S/c1-32-19-7-3-17(4-8-19)13-26-23(30)16-34-25-27-22-11-12-29(15-21(22)24(31)28-25)14-18-5-9-20(33-2)10-6-18/h3-10,21-22,25,27H,11-16H2,1-2H3,(H,26,30)(H,28,31). The van der Waals surface area contributed by atoms with Crippen LogP contribution in [0.15, 0.2) is 48.5 Å². The molecule has 2 aromatic rings. The Morgan fingerprint density at radius 2 is 1.71 bits per heavy atom. The van der Waals surface area contributed by atoms with Gasteiger partial charge in [0.15, 0.2) is 0 Å². The fraction of sp³-hybridized carbons (Fsp3) is 0.440. The van der Waals surface area contributed by atoms with Crippen LogP contribution in [0.5, 0.6) is 11.5 Å². The first kappa shape index (κ1) is 24.4. The number of fused-ring (bicyclic) bond motifs is 1. The molecule has 3 atom stereocenters. The number of carbonyl (C=O) groups excluding carboxylic acids is 2. The molecule has 182 valence electrons. The highest BCUT2D eigenvalue weighted by molar-refractivity contribution is 8.00. The van der Waals surface area contributed by atoms with Crippen molar-refractivity contribution in [3.8, 4) is 11.5 Å². The highest BCUT2D eigenvalue weighted by Crippen LogP contribution is 2.25. The first-order chi connectivity index (χ1) is 16.5. The number of nitrogens with one attached hydrogen (secondary N) is 3. The molecule has 8 nitrogen and oxygen atoms in total. The zero-order valence-electron chi connectivity index (χ0n) is 19.6. The van der Waals surface area contributed by atoms with Gasteiger partial charge in [-0.05, 0) is 41.8 Å². The van der Waals surface area contributed by atoms with Gasteiger partial charge in [0.05, 0.1) is 25.9 Å². The Morgan fingerprint density at radius 1 is 1.06 bits per heavy atom. The quantitative estimate of drug-likeness (QED) is 0.501. The van der Waals surface area contributed by atoms with Gasteiger partial charge in [-0.25, -0.2) is 0 Å². The fourth-order valence-corrected chi connectivity index (χ4v) is 5.22. The van der Waals surface area contributed by atoms with Crippen LogP contribution in [0.4, 0.5) is 0 Å². The molecule has 0 aliphatic carbocycles. The number of ether oxygens (including phenoxy) is 2. The Morgan fingerprint density at radius 3 is 2.35 bits per heavy atom. The maximum absolute atomic E-state index is 12.8. The van der Waals surface area contributed by atoms with Crippen LogP contribution >= 0.6 is 11.8 Å². The third-order valence-corrected chi connectivity index (χ3v) is 7.28. The van der Waals surface area contributed by atoms with Gasteiger partial charge < -0.3 is 20.1 Å². The van der Waals surface area contributed by atoms with E-state index < -0.39 is 0 Å². The van der Waals surface area contributed by atoms with Crippen LogP contribution in [0, 0.1) is 5.92 Å². The molecule has 9 heteroatoms. The van der Waals surface area contributed by atoms with Crippen molar-refractivity contribution < 1.29 is 19.1 Å². The lowest BCUT2D eigenvalue weighted by molar-refractivity contribution is -0.130. The van der Waals surface area contributed by atoms with Crippen LogP contribution in [-0.2, 0) is 22.7 Å². The van der Waals surface area contributed by atoms with Crippen molar-refractivity contribution in [3.05, 3.63) is 59.7 Å². The molecular formula is C25H32N4O4S. The molecule has 2 heterocycles. The predicted octanol–water partition coefficient (Wildman–Crippen LogP) is 1.95. The van der Waals surface area contributed by atoms with E-state index in [2.05, 4.69) is 33.0 Å². The van der Waals surface area contributed by atoms with Crippen molar-refractivity contribution in [1.29, 1.82) is 0 Å². The van der Waals surface area contributed by atoms with Crippen LogP contribution in [0.3, 0.4) is 0 Å². The number of carbonyl (C=O) groups is 2. The molecule has 2 aliphatic heterocycles. The number of methoxy groups -OCH3 is 2. The van der Waals surface area contributed by atoms with Gasteiger partial charge in [0.25, 0.3) is 0 Å². The molecule has 4 rings (SSSR count). The summed E-state index contributed by atoms with van der Waals surface area (Å²) >= 11 is 1.41. The molecule has 3 unspecified atom stereocenters. The van der Waals surface area contributed by atoms with E-state index in [0.717, 1.165) is 43.1 Å². The lowest BCUT2D eigenvalue weighted by atomic mass is 9.89. The number of benzene rings is 2. The lowest BCUT2D eigenvalue weighted by Crippen LogP contribution is -2.64. The Bertz CT molecular complexity index is 970. The van der Waals surface area contributed by atoms with E-state index in [1.807, 2.05) is 36.4 Å². The van der Waals surface area contributed by atoms with Gasteiger partial charge in [-0.15, -0.1) is 11.8 Å². The van der Waals surface area contributed by atoms with Gasteiger partial charge in [-0.1, -0.05) is 24.3 Å². The monoisotopic (exact) mass is 484 g/mol. The van der Waals surface area contributed by atoms with Gasteiger partial charge in [0, 0.05) is 32.2 Å². The molecule has 0 bridgehead atoms. The van der Waals surface area contributed by atoms with E-state index in [1.165, 1.54) is 17.3 Å². The number of nitrogens with zero attached hydrogens (tertiary/aromatic N) is 1. The van der Waals surface area contributed by atoms with Gasteiger partial charge in [-0.2, -0.15) is 0 Å². The molecule has 2 saturated heterocycles. The summed E-state index contributed by atoms with van der Waals surface area (Å²) in [5.74, 6) is 1.81. The van der Waals surface area contributed by atoms with E-state index in [0.29, 0.717) is 6.54 Å². The van der Waals surface area contributed by atoms with Crippen molar-refractivity contribution in [3.63, 3.8) is 0 Å². The van der Waals surface area contributed by atoms with Crippen LogP contribution in [0.2, 0.25) is 0 Å². The average molecular weight is 485 g/mol. The van der Waals surface area contributed by atoms with Crippen molar-refractivity contribution in [2.24, 2.45) is 5.92 Å². The normalized spacial score (nSPS) is 22.4. The van der Waals surface area contributed by atoms with Crippen LogP contribution in [0.1, 0.15) is 17.5 Å². The summed E-state index contributed by atoms with van der Waals surface area (Å²) in [6.45, 7) is 2.91. The largest absolute Gasteiger partial charge is 0.497 e. The zero-order valence-corrected chi connectivity index (χ0v) is 20.4. The summed E-state index contributed by atoms with van der Waals surface area (Å²) in [6, 6.07) is 15.8. The summed E-state index contributed by atoms with van der Waals surface area (Å²) < 4.78 is 10.4. The van der Waals surface area contributed by atoms with E-state index in [4.69, 9.17) is 9.47 Å². The van der Waals surface area contributed by atoms with Gasteiger partial charge >= 0.3 is 0 Å². The number of piperidine rings is 1. The highest BCUT2D eigenvalue weighted by atomic mass is 32.2. The molecule has 3 N–H and O–H groups in total. The van der Waals surface area contributed by atoms with Crippen LogP contribution < -0.4 is 25.4 Å². The molecule has 2 amide bonds. The topological polar surface area (TPSA) is 91.9 Å². The Balaban J connectivity index is 1.20. The smallest absolute Gasteiger partial charge is 0.230 e. The van der Waals surface area contributed by atoms with E-state index >= 15 is 0 Å². The predicted molar refractivity (Wildman–Crippen MR) is 133 cm³/mol. The number of amides is 2. The minimum absolute atomic E-state index is 0.0549. The SMILES string of the molecule is COc1ccc(CNC(=O)CSC2NC(=O)C3CN(Cc4ccc(OC)cc4)CCC3N2)cc1. The van der Waals surface area contributed by atoms with E-state index in [-0.39, 0.29) is 35.0 Å². The molecule has 0 spiro atoms. The number of hydrogen-bond donors (Lipinski definition) is 3. The van der Waals surface area contributed by atoms with Crippen LogP contribution in [0.25, 0.3) is 0 Å². The molecule has 34 heavy (non-hydrogen) atoms. The van der Waals surface area contributed by atoms with Crippen molar-refractivity contribution in [2.75, 3.05) is 33.1 Å². The van der Waals surface area contributed by atoms with Crippen molar-refractivity contribution >= 4 is 23.6 Å². The second-order valence-corrected chi connectivity index (χ2v) is 9.67. The lowest BCUT2D eigenvalue weighted by Gasteiger charge is -2.43. The first-order valence-electron chi connectivity index (χ1n) is 11.5.